The van der Waals surface area contributed by atoms with Gasteiger partial charge in [-0.25, -0.2) is 0 Å². The van der Waals surface area contributed by atoms with Crippen LogP contribution in [-0.4, -0.2) is 11.5 Å². The number of fused-ring (bicyclic) bond motifs is 1. The molecule has 0 fully saturated rings. The summed E-state index contributed by atoms with van der Waals surface area (Å²) >= 11 is 0. The second-order valence-corrected chi connectivity index (χ2v) is 4.19. The van der Waals surface area contributed by atoms with Gasteiger partial charge < -0.3 is 5.32 Å². The highest BCUT2D eigenvalue weighted by molar-refractivity contribution is 5.42. The molecule has 4 heteroatoms. The van der Waals surface area contributed by atoms with Crippen molar-refractivity contribution in [3.8, 4) is 0 Å². The number of nitrogens with zero attached hydrogens (tertiary/aromatic N) is 1. The van der Waals surface area contributed by atoms with Crippen LogP contribution >= 0.6 is 0 Å². The van der Waals surface area contributed by atoms with Gasteiger partial charge in [0.15, 0.2) is 0 Å². The number of hydrogen-bond acceptors (Lipinski definition) is 3. The Hall–Kier alpha value is -1.42. The molecule has 0 aliphatic carbocycles. The van der Waals surface area contributed by atoms with E-state index >= 15 is 0 Å². The maximum absolute atomic E-state index is 10.7. The second kappa shape index (κ2) is 4.61. The van der Waals surface area contributed by atoms with Gasteiger partial charge in [-0.3, -0.25) is 10.1 Å². The van der Waals surface area contributed by atoms with Gasteiger partial charge in [0.1, 0.15) is 0 Å². The lowest BCUT2D eigenvalue weighted by Gasteiger charge is -2.26. The van der Waals surface area contributed by atoms with Crippen LogP contribution in [0.1, 0.15) is 36.9 Å². The number of nitrogens with one attached hydrogen (secondary N) is 1. The first kappa shape index (κ1) is 11.1. The lowest BCUT2D eigenvalue weighted by molar-refractivity contribution is -0.385. The van der Waals surface area contributed by atoms with Crippen LogP contribution in [0.4, 0.5) is 5.69 Å². The van der Waals surface area contributed by atoms with Gasteiger partial charge in [-0.15, -0.1) is 0 Å². The first-order valence-electron chi connectivity index (χ1n) is 5.73. The van der Waals surface area contributed by atoms with Crippen molar-refractivity contribution in [2.75, 3.05) is 6.54 Å². The van der Waals surface area contributed by atoms with E-state index < -0.39 is 0 Å². The summed E-state index contributed by atoms with van der Waals surface area (Å²) in [6.07, 6.45) is 3.08. The molecule has 1 aromatic rings. The number of nitro groups is 1. The van der Waals surface area contributed by atoms with Crippen molar-refractivity contribution in [1.82, 2.24) is 5.32 Å². The normalized spacial score (nSPS) is 19.2. The van der Waals surface area contributed by atoms with Crippen molar-refractivity contribution in [1.29, 1.82) is 0 Å². The summed E-state index contributed by atoms with van der Waals surface area (Å²) in [7, 11) is 0. The number of non-ortho nitro benzene ring substituents is 1. The molecule has 0 aromatic heterocycles. The molecule has 1 aliphatic rings. The summed E-state index contributed by atoms with van der Waals surface area (Å²) in [6.45, 7) is 3.10. The minimum atomic E-state index is -0.322. The minimum absolute atomic E-state index is 0.198. The maximum Gasteiger partial charge on any atom is 0.269 e. The molecule has 86 valence electrons. The molecular formula is C12H16N2O2. The van der Waals surface area contributed by atoms with Gasteiger partial charge in [0, 0.05) is 18.2 Å². The molecule has 2 rings (SSSR count). The Bertz CT molecular complexity index is 404. The third kappa shape index (κ3) is 2.07. The molecule has 1 unspecified atom stereocenters. The Kier molecular flexibility index (Phi) is 3.19. The largest absolute Gasteiger partial charge is 0.310 e. The van der Waals surface area contributed by atoms with Crippen molar-refractivity contribution in [3.63, 3.8) is 0 Å². The van der Waals surface area contributed by atoms with Gasteiger partial charge in [0.25, 0.3) is 5.69 Å². The Balaban J connectivity index is 2.36. The molecule has 0 spiro atoms. The highest BCUT2D eigenvalue weighted by atomic mass is 16.6. The van der Waals surface area contributed by atoms with E-state index in [1.807, 2.05) is 6.07 Å². The molecule has 0 bridgehead atoms. The third-order valence-corrected chi connectivity index (χ3v) is 3.08. The van der Waals surface area contributed by atoms with Crippen molar-refractivity contribution in [2.45, 2.75) is 32.2 Å². The van der Waals surface area contributed by atoms with Gasteiger partial charge in [0.05, 0.1) is 4.92 Å². The van der Waals surface area contributed by atoms with Crippen LogP contribution in [0.2, 0.25) is 0 Å². The summed E-state index contributed by atoms with van der Waals surface area (Å²) in [5.41, 5.74) is 2.56. The fraction of sp³-hybridized carbons (Fsp3) is 0.500. The summed E-state index contributed by atoms with van der Waals surface area (Å²) in [5.74, 6) is 0. The van der Waals surface area contributed by atoms with E-state index in [9.17, 15) is 10.1 Å². The van der Waals surface area contributed by atoms with Crippen LogP contribution < -0.4 is 5.32 Å². The summed E-state index contributed by atoms with van der Waals surface area (Å²) < 4.78 is 0. The third-order valence-electron chi connectivity index (χ3n) is 3.08. The van der Waals surface area contributed by atoms with Gasteiger partial charge in [-0.1, -0.05) is 19.4 Å². The molecule has 16 heavy (non-hydrogen) atoms. The topological polar surface area (TPSA) is 55.2 Å². The van der Waals surface area contributed by atoms with E-state index in [-0.39, 0.29) is 16.7 Å². The first-order chi connectivity index (χ1) is 7.72. The zero-order valence-corrected chi connectivity index (χ0v) is 9.40. The van der Waals surface area contributed by atoms with Gasteiger partial charge in [-0.05, 0) is 30.5 Å². The fourth-order valence-electron chi connectivity index (χ4n) is 2.29. The summed E-state index contributed by atoms with van der Waals surface area (Å²) in [6, 6.07) is 5.51. The average molecular weight is 220 g/mol. The highest BCUT2D eigenvalue weighted by Gasteiger charge is 2.21. The Labute approximate surface area is 94.8 Å². The molecule has 0 saturated carbocycles. The molecule has 0 saturated heterocycles. The Morgan fingerprint density at radius 2 is 2.38 bits per heavy atom. The van der Waals surface area contributed by atoms with Crippen LogP contribution in [0.25, 0.3) is 0 Å². The van der Waals surface area contributed by atoms with E-state index in [0.29, 0.717) is 0 Å². The first-order valence-corrected chi connectivity index (χ1v) is 5.73. The number of nitro benzene ring substituents is 1. The lowest BCUT2D eigenvalue weighted by Crippen LogP contribution is -2.29. The average Bonchev–Trinajstić information content (AvgIpc) is 2.29. The van der Waals surface area contributed by atoms with Crippen LogP contribution in [0.3, 0.4) is 0 Å². The summed E-state index contributed by atoms with van der Waals surface area (Å²) in [5, 5.41) is 14.2. The lowest BCUT2D eigenvalue weighted by atomic mass is 9.91. The highest BCUT2D eigenvalue weighted by Crippen LogP contribution is 2.29. The molecule has 1 N–H and O–H groups in total. The van der Waals surface area contributed by atoms with Gasteiger partial charge in [0.2, 0.25) is 0 Å². The van der Waals surface area contributed by atoms with Crippen LogP contribution in [0.5, 0.6) is 0 Å². The molecule has 1 heterocycles. The standard InChI is InChI=1S/C12H16N2O2/c1-2-3-12-11-8-10(14(15)16)5-4-9(11)6-7-13-12/h4-5,8,12-13H,2-3,6-7H2,1H3. The number of benzene rings is 1. The van der Waals surface area contributed by atoms with Crippen LogP contribution in [-0.2, 0) is 6.42 Å². The van der Waals surface area contributed by atoms with Crippen molar-refractivity contribution >= 4 is 5.69 Å². The molecule has 1 aliphatic heterocycles. The molecular weight excluding hydrogens is 204 g/mol. The predicted molar refractivity (Wildman–Crippen MR) is 62.5 cm³/mol. The second-order valence-electron chi connectivity index (χ2n) is 4.19. The number of rotatable bonds is 3. The van der Waals surface area contributed by atoms with Gasteiger partial charge >= 0.3 is 0 Å². The van der Waals surface area contributed by atoms with Crippen molar-refractivity contribution in [2.24, 2.45) is 0 Å². The molecule has 0 amide bonds. The minimum Gasteiger partial charge on any atom is -0.310 e. The van der Waals surface area contributed by atoms with Crippen LogP contribution in [0.15, 0.2) is 18.2 Å². The monoisotopic (exact) mass is 220 g/mol. The fourth-order valence-corrected chi connectivity index (χ4v) is 2.29. The van der Waals surface area contributed by atoms with E-state index in [1.54, 1.807) is 12.1 Å². The SMILES string of the molecule is CCCC1NCCc2ccc([N+](=O)[O-])cc21. The molecule has 0 radical (unpaired) electrons. The van der Waals surface area contributed by atoms with Crippen molar-refractivity contribution < 1.29 is 4.92 Å². The smallest absolute Gasteiger partial charge is 0.269 e. The molecule has 1 atom stereocenters. The Morgan fingerprint density at radius 1 is 1.56 bits per heavy atom. The van der Waals surface area contributed by atoms with E-state index in [2.05, 4.69) is 12.2 Å². The molecule has 4 nitrogen and oxygen atoms in total. The van der Waals surface area contributed by atoms with E-state index in [1.165, 1.54) is 5.56 Å². The Morgan fingerprint density at radius 3 is 3.06 bits per heavy atom. The zero-order chi connectivity index (χ0) is 11.5. The zero-order valence-electron chi connectivity index (χ0n) is 9.40. The summed E-state index contributed by atoms with van der Waals surface area (Å²) in [4.78, 5) is 10.4. The maximum atomic E-state index is 10.7. The van der Waals surface area contributed by atoms with E-state index in [4.69, 9.17) is 0 Å². The van der Waals surface area contributed by atoms with E-state index in [0.717, 1.165) is 31.4 Å². The molecule has 1 aromatic carbocycles. The quantitative estimate of drug-likeness (QED) is 0.629. The van der Waals surface area contributed by atoms with Crippen LogP contribution in [0, 0.1) is 10.1 Å². The van der Waals surface area contributed by atoms with Gasteiger partial charge in [-0.2, -0.15) is 0 Å². The van der Waals surface area contributed by atoms with Crippen molar-refractivity contribution in [3.05, 3.63) is 39.4 Å². The predicted octanol–water partition coefficient (Wildman–Crippen LogP) is 2.58. The number of hydrogen-bond donors (Lipinski definition) is 1.